The Kier molecular flexibility index (Phi) is 5.18. The fourth-order valence-electron chi connectivity index (χ4n) is 2.74. The summed E-state index contributed by atoms with van der Waals surface area (Å²) in [6.07, 6.45) is 1.95. The predicted molar refractivity (Wildman–Crippen MR) is 105 cm³/mol. The number of anilines is 3. The van der Waals surface area contributed by atoms with Crippen LogP contribution >= 0.6 is 0 Å². The summed E-state index contributed by atoms with van der Waals surface area (Å²) in [6.45, 7) is 2.03. The van der Waals surface area contributed by atoms with Gasteiger partial charge < -0.3 is 10.6 Å². The molecule has 8 heteroatoms. The Labute approximate surface area is 158 Å². The Morgan fingerprint density at radius 1 is 0.963 bits per heavy atom. The maximum atomic E-state index is 12.5. The molecule has 142 valence electrons. The minimum absolute atomic E-state index is 0.0281. The molecule has 0 bridgehead atoms. The van der Waals surface area contributed by atoms with Crippen LogP contribution in [0.5, 0.6) is 0 Å². The van der Waals surface area contributed by atoms with Crippen LogP contribution in [0.4, 0.5) is 17.1 Å². The number of benzene rings is 2. The van der Waals surface area contributed by atoms with E-state index in [1.807, 2.05) is 6.92 Å². The highest BCUT2D eigenvalue weighted by Gasteiger charge is 2.39. The first kappa shape index (κ1) is 18.9. The second kappa shape index (κ2) is 7.40. The van der Waals surface area contributed by atoms with E-state index in [0.717, 1.165) is 12.7 Å². The van der Waals surface area contributed by atoms with E-state index in [2.05, 4.69) is 15.4 Å². The largest absolute Gasteiger partial charge is 0.326 e. The van der Waals surface area contributed by atoms with Gasteiger partial charge in [-0.1, -0.05) is 19.1 Å². The van der Waals surface area contributed by atoms with Crippen molar-refractivity contribution in [1.82, 2.24) is 0 Å². The summed E-state index contributed by atoms with van der Waals surface area (Å²) in [7, 11) is -3.40. The Morgan fingerprint density at radius 3 is 2.19 bits per heavy atom. The standard InChI is InChI=1S/C19H21N3O4S/c1-12-9-17(12)19(24)21-14-6-3-5-13(10-14)18(23)20-15-7-4-8-16(11-15)22-27(2,25)26/h3-8,10-12,17,22H,9H2,1-2H3,(H,20,23)(H,21,24)/t12-,17-/m1/s1. The van der Waals surface area contributed by atoms with Gasteiger partial charge in [-0.3, -0.25) is 14.3 Å². The molecule has 2 amide bonds. The molecule has 1 aliphatic rings. The smallest absolute Gasteiger partial charge is 0.255 e. The van der Waals surface area contributed by atoms with Crippen molar-refractivity contribution in [1.29, 1.82) is 0 Å². The maximum absolute atomic E-state index is 12.5. The molecule has 2 atom stereocenters. The van der Waals surface area contributed by atoms with Gasteiger partial charge in [0.15, 0.2) is 0 Å². The van der Waals surface area contributed by atoms with Gasteiger partial charge in [0.2, 0.25) is 15.9 Å². The summed E-state index contributed by atoms with van der Waals surface area (Å²) in [5.74, 6) is 0.0684. The summed E-state index contributed by atoms with van der Waals surface area (Å²) >= 11 is 0. The number of nitrogens with one attached hydrogen (secondary N) is 3. The van der Waals surface area contributed by atoms with Crippen LogP contribution in [0.2, 0.25) is 0 Å². The second-order valence-corrected chi connectivity index (χ2v) is 8.55. The number of hydrogen-bond acceptors (Lipinski definition) is 4. The normalized spacial score (nSPS) is 18.4. The maximum Gasteiger partial charge on any atom is 0.255 e. The van der Waals surface area contributed by atoms with E-state index in [0.29, 0.717) is 28.5 Å². The molecule has 3 rings (SSSR count). The van der Waals surface area contributed by atoms with Crippen molar-refractivity contribution >= 4 is 38.9 Å². The number of amides is 2. The van der Waals surface area contributed by atoms with Crippen LogP contribution in [0.15, 0.2) is 48.5 Å². The van der Waals surface area contributed by atoms with Crippen LogP contribution < -0.4 is 15.4 Å². The zero-order valence-corrected chi connectivity index (χ0v) is 15.8. The molecule has 1 fully saturated rings. The fourth-order valence-corrected chi connectivity index (χ4v) is 3.29. The third-order valence-corrected chi connectivity index (χ3v) is 4.87. The van der Waals surface area contributed by atoms with Crippen LogP contribution in [0.3, 0.4) is 0 Å². The first-order chi connectivity index (χ1) is 12.7. The minimum atomic E-state index is -3.40. The SMILES string of the molecule is C[C@@H]1C[C@H]1C(=O)Nc1cccc(C(=O)Nc2cccc(NS(C)(=O)=O)c2)c1. The van der Waals surface area contributed by atoms with Crippen molar-refractivity contribution in [2.24, 2.45) is 11.8 Å². The zero-order valence-electron chi connectivity index (χ0n) is 15.0. The summed E-state index contributed by atoms with van der Waals surface area (Å²) < 4.78 is 25.0. The lowest BCUT2D eigenvalue weighted by Crippen LogP contribution is -2.16. The van der Waals surface area contributed by atoms with Gasteiger partial charge in [-0.25, -0.2) is 8.42 Å². The van der Waals surface area contributed by atoms with Gasteiger partial charge in [0.05, 0.1) is 11.9 Å². The van der Waals surface area contributed by atoms with Gasteiger partial charge in [0, 0.05) is 22.9 Å². The summed E-state index contributed by atoms with van der Waals surface area (Å²) in [5.41, 5.74) is 1.77. The summed E-state index contributed by atoms with van der Waals surface area (Å²) in [4.78, 5) is 24.5. The van der Waals surface area contributed by atoms with Crippen molar-refractivity contribution in [3.8, 4) is 0 Å². The Balaban J connectivity index is 1.68. The molecule has 0 unspecified atom stereocenters. The lowest BCUT2D eigenvalue weighted by Gasteiger charge is -2.10. The van der Waals surface area contributed by atoms with Gasteiger partial charge in [-0.15, -0.1) is 0 Å². The molecular formula is C19H21N3O4S. The van der Waals surface area contributed by atoms with E-state index in [1.165, 1.54) is 6.07 Å². The predicted octanol–water partition coefficient (Wildman–Crippen LogP) is 2.90. The molecular weight excluding hydrogens is 366 g/mol. The number of rotatable bonds is 6. The Bertz CT molecular complexity index is 988. The summed E-state index contributed by atoms with van der Waals surface area (Å²) in [6, 6.07) is 13.1. The monoisotopic (exact) mass is 387 g/mol. The number of carbonyl (C=O) groups excluding carboxylic acids is 2. The molecule has 0 aromatic heterocycles. The van der Waals surface area contributed by atoms with Crippen LogP contribution in [0.1, 0.15) is 23.7 Å². The topological polar surface area (TPSA) is 104 Å². The molecule has 0 saturated heterocycles. The van der Waals surface area contributed by atoms with Gasteiger partial charge >= 0.3 is 0 Å². The van der Waals surface area contributed by atoms with Crippen LogP contribution in [-0.2, 0) is 14.8 Å². The van der Waals surface area contributed by atoms with Gasteiger partial charge in [-0.05, 0) is 48.7 Å². The van der Waals surface area contributed by atoms with E-state index in [4.69, 9.17) is 0 Å². The third-order valence-electron chi connectivity index (χ3n) is 4.26. The molecule has 27 heavy (non-hydrogen) atoms. The van der Waals surface area contributed by atoms with Crippen molar-refractivity contribution in [3.63, 3.8) is 0 Å². The molecule has 0 spiro atoms. The third kappa shape index (κ3) is 5.30. The average molecular weight is 387 g/mol. The highest BCUT2D eigenvalue weighted by atomic mass is 32.2. The molecule has 0 heterocycles. The van der Waals surface area contributed by atoms with E-state index < -0.39 is 10.0 Å². The quantitative estimate of drug-likeness (QED) is 0.709. The minimum Gasteiger partial charge on any atom is -0.326 e. The first-order valence-electron chi connectivity index (χ1n) is 8.51. The fraction of sp³-hybridized carbons (Fsp3) is 0.263. The van der Waals surface area contributed by atoms with E-state index >= 15 is 0 Å². The Morgan fingerprint density at radius 2 is 1.56 bits per heavy atom. The first-order valence-corrected chi connectivity index (χ1v) is 10.4. The zero-order chi connectivity index (χ0) is 19.6. The summed E-state index contributed by atoms with van der Waals surface area (Å²) in [5, 5.41) is 5.55. The molecule has 0 radical (unpaired) electrons. The molecule has 7 nitrogen and oxygen atoms in total. The highest BCUT2D eigenvalue weighted by Crippen LogP contribution is 2.38. The molecule has 0 aliphatic heterocycles. The van der Waals surface area contributed by atoms with Gasteiger partial charge in [0.25, 0.3) is 5.91 Å². The van der Waals surface area contributed by atoms with Crippen molar-refractivity contribution in [2.75, 3.05) is 21.6 Å². The van der Waals surface area contributed by atoms with Crippen LogP contribution in [-0.4, -0.2) is 26.5 Å². The highest BCUT2D eigenvalue weighted by molar-refractivity contribution is 7.92. The lowest BCUT2D eigenvalue weighted by atomic mass is 10.1. The molecule has 3 N–H and O–H groups in total. The lowest BCUT2D eigenvalue weighted by molar-refractivity contribution is -0.117. The van der Waals surface area contributed by atoms with E-state index in [-0.39, 0.29) is 17.7 Å². The van der Waals surface area contributed by atoms with Gasteiger partial charge in [-0.2, -0.15) is 0 Å². The number of hydrogen-bond donors (Lipinski definition) is 3. The van der Waals surface area contributed by atoms with Crippen molar-refractivity contribution in [3.05, 3.63) is 54.1 Å². The molecule has 1 aliphatic carbocycles. The molecule has 1 saturated carbocycles. The number of carbonyl (C=O) groups is 2. The van der Waals surface area contributed by atoms with Crippen molar-refractivity contribution in [2.45, 2.75) is 13.3 Å². The Hall–Kier alpha value is -2.87. The van der Waals surface area contributed by atoms with Crippen LogP contribution in [0.25, 0.3) is 0 Å². The van der Waals surface area contributed by atoms with E-state index in [1.54, 1.807) is 42.5 Å². The molecule has 2 aromatic rings. The second-order valence-electron chi connectivity index (χ2n) is 6.80. The van der Waals surface area contributed by atoms with Crippen molar-refractivity contribution < 1.29 is 18.0 Å². The number of sulfonamides is 1. The molecule has 2 aromatic carbocycles. The average Bonchev–Trinajstić information content (AvgIpc) is 3.31. The van der Waals surface area contributed by atoms with E-state index in [9.17, 15) is 18.0 Å². The van der Waals surface area contributed by atoms with Crippen LogP contribution in [0, 0.1) is 11.8 Å². The van der Waals surface area contributed by atoms with Gasteiger partial charge in [0.1, 0.15) is 0 Å².